The van der Waals surface area contributed by atoms with E-state index in [9.17, 15) is 19.7 Å². The summed E-state index contributed by atoms with van der Waals surface area (Å²) in [5, 5.41) is 11.2. The molecule has 1 unspecified atom stereocenters. The number of esters is 1. The molecule has 0 fully saturated rings. The van der Waals surface area contributed by atoms with Gasteiger partial charge in [0.1, 0.15) is 5.56 Å². The van der Waals surface area contributed by atoms with Gasteiger partial charge in [-0.1, -0.05) is 29.8 Å². The molecule has 3 rings (SSSR count). The fraction of sp³-hybridized carbons (Fsp3) is 0.222. The van der Waals surface area contributed by atoms with E-state index in [2.05, 4.69) is 0 Å². The quantitative estimate of drug-likeness (QED) is 0.465. The first kappa shape index (κ1) is 17.9. The van der Waals surface area contributed by atoms with Gasteiger partial charge in [0.05, 0.1) is 4.92 Å². The third-order valence-corrected chi connectivity index (χ3v) is 4.41. The van der Waals surface area contributed by atoms with Crippen LogP contribution in [-0.2, 0) is 16.0 Å². The minimum Gasteiger partial charge on any atom is -0.452 e. The summed E-state index contributed by atoms with van der Waals surface area (Å²) in [7, 11) is 0. The summed E-state index contributed by atoms with van der Waals surface area (Å²) in [5.74, 6) is -1.35. The predicted molar refractivity (Wildman–Crippen MR) is 95.5 cm³/mol. The lowest BCUT2D eigenvalue weighted by molar-refractivity contribution is -0.385. The van der Waals surface area contributed by atoms with E-state index in [0.717, 1.165) is 29.8 Å². The Hall–Kier alpha value is -2.93. The van der Waals surface area contributed by atoms with Crippen LogP contribution in [0.1, 0.15) is 22.8 Å². The third kappa shape index (κ3) is 3.39. The molecule has 1 aliphatic heterocycles. The molecule has 0 bridgehead atoms. The summed E-state index contributed by atoms with van der Waals surface area (Å²) >= 11 is 5.80. The number of carbonyl (C=O) groups excluding carboxylic acids is 2. The highest BCUT2D eigenvalue weighted by molar-refractivity contribution is 6.31. The number of nitro benzene ring substituents is 1. The Balaban J connectivity index is 1.74. The average molecular weight is 375 g/mol. The summed E-state index contributed by atoms with van der Waals surface area (Å²) < 4.78 is 5.02. The molecule has 8 heteroatoms. The molecule has 1 amide bonds. The molecule has 134 valence electrons. The van der Waals surface area contributed by atoms with Gasteiger partial charge in [-0.2, -0.15) is 0 Å². The molecular weight excluding hydrogens is 360 g/mol. The molecule has 1 atom stereocenters. The lowest BCUT2D eigenvalue weighted by Gasteiger charge is -2.22. The van der Waals surface area contributed by atoms with Gasteiger partial charge in [0.2, 0.25) is 0 Å². The summed E-state index contributed by atoms with van der Waals surface area (Å²) in [4.78, 5) is 36.7. The number of para-hydroxylation sites is 1. The summed E-state index contributed by atoms with van der Waals surface area (Å²) in [6, 6.07) is 11.0. The average Bonchev–Trinajstić information content (AvgIpc) is 2.94. The SMILES string of the molecule is CC1Cc2ccccc2N1C(=O)COC(=O)c1cc(Cl)ccc1[N+](=O)[O-]. The van der Waals surface area contributed by atoms with Crippen LogP contribution in [0.5, 0.6) is 0 Å². The predicted octanol–water partition coefficient (Wildman–Crippen LogP) is 3.38. The molecule has 0 aliphatic carbocycles. The van der Waals surface area contributed by atoms with E-state index in [0.29, 0.717) is 0 Å². The molecule has 0 radical (unpaired) electrons. The fourth-order valence-corrected chi connectivity index (χ4v) is 3.22. The zero-order valence-electron chi connectivity index (χ0n) is 13.8. The molecule has 1 heterocycles. The number of fused-ring (bicyclic) bond motifs is 1. The van der Waals surface area contributed by atoms with Gasteiger partial charge in [-0.15, -0.1) is 0 Å². The number of anilines is 1. The largest absolute Gasteiger partial charge is 0.452 e. The molecule has 0 aromatic heterocycles. The van der Waals surface area contributed by atoms with Crippen LogP contribution >= 0.6 is 11.6 Å². The molecule has 2 aromatic carbocycles. The number of nitrogens with zero attached hydrogens (tertiary/aromatic N) is 2. The number of ether oxygens (including phenoxy) is 1. The number of hydrogen-bond donors (Lipinski definition) is 0. The van der Waals surface area contributed by atoms with Crippen molar-refractivity contribution in [3.05, 3.63) is 68.7 Å². The normalized spacial score (nSPS) is 15.5. The molecule has 7 nitrogen and oxygen atoms in total. The third-order valence-electron chi connectivity index (χ3n) is 4.18. The Morgan fingerprint density at radius 2 is 2.04 bits per heavy atom. The van der Waals surface area contributed by atoms with Crippen LogP contribution in [-0.4, -0.2) is 29.4 Å². The molecular formula is C18H15ClN2O5. The summed E-state index contributed by atoms with van der Waals surface area (Å²) in [6.07, 6.45) is 0.718. The number of nitro groups is 1. The molecule has 0 saturated heterocycles. The van der Waals surface area contributed by atoms with Crippen molar-refractivity contribution in [1.29, 1.82) is 0 Å². The van der Waals surface area contributed by atoms with E-state index in [1.54, 1.807) is 4.90 Å². The Morgan fingerprint density at radius 1 is 1.31 bits per heavy atom. The standard InChI is InChI=1S/C18H15ClN2O5/c1-11-8-12-4-2-3-5-15(12)20(11)17(22)10-26-18(23)14-9-13(19)6-7-16(14)21(24)25/h2-7,9,11H,8,10H2,1H3. The van der Waals surface area contributed by atoms with Gasteiger partial charge in [0.15, 0.2) is 6.61 Å². The maximum atomic E-state index is 12.5. The van der Waals surface area contributed by atoms with Crippen LogP contribution in [0.15, 0.2) is 42.5 Å². The minimum absolute atomic E-state index is 0.0564. The van der Waals surface area contributed by atoms with Crippen molar-refractivity contribution in [2.24, 2.45) is 0 Å². The molecule has 0 spiro atoms. The van der Waals surface area contributed by atoms with E-state index in [1.807, 2.05) is 31.2 Å². The first-order valence-electron chi connectivity index (χ1n) is 7.89. The van der Waals surface area contributed by atoms with E-state index in [1.165, 1.54) is 6.07 Å². The van der Waals surface area contributed by atoms with Gasteiger partial charge in [-0.3, -0.25) is 14.9 Å². The maximum Gasteiger partial charge on any atom is 0.345 e. The monoisotopic (exact) mass is 374 g/mol. The van der Waals surface area contributed by atoms with Crippen LogP contribution < -0.4 is 4.90 Å². The summed E-state index contributed by atoms with van der Waals surface area (Å²) in [6.45, 7) is 1.39. The lowest BCUT2D eigenvalue weighted by atomic mass is 10.1. The van der Waals surface area contributed by atoms with E-state index in [4.69, 9.17) is 16.3 Å². The number of amides is 1. The topological polar surface area (TPSA) is 89.8 Å². The lowest BCUT2D eigenvalue weighted by Crippen LogP contribution is -2.38. The van der Waals surface area contributed by atoms with Crippen molar-refractivity contribution in [1.82, 2.24) is 0 Å². The molecule has 1 aliphatic rings. The van der Waals surface area contributed by atoms with Crippen molar-refractivity contribution in [3.8, 4) is 0 Å². The van der Waals surface area contributed by atoms with Crippen molar-refractivity contribution in [2.75, 3.05) is 11.5 Å². The molecule has 26 heavy (non-hydrogen) atoms. The van der Waals surface area contributed by atoms with Crippen molar-refractivity contribution >= 4 is 34.9 Å². The van der Waals surface area contributed by atoms with Crippen LogP contribution in [0, 0.1) is 10.1 Å². The second-order valence-electron chi connectivity index (χ2n) is 5.94. The van der Waals surface area contributed by atoms with E-state index >= 15 is 0 Å². The van der Waals surface area contributed by atoms with Crippen molar-refractivity contribution in [3.63, 3.8) is 0 Å². The number of hydrogen-bond acceptors (Lipinski definition) is 5. The second-order valence-corrected chi connectivity index (χ2v) is 6.38. The number of halogens is 1. The Bertz CT molecular complexity index is 899. The zero-order chi connectivity index (χ0) is 18.8. The molecule has 0 saturated carbocycles. The molecule has 0 N–H and O–H groups in total. The maximum absolute atomic E-state index is 12.5. The zero-order valence-corrected chi connectivity index (χ0v) is 14.6. The van der Waals surface area contributed by atoms with Gasteiger partial charge in [0.25, 0.3) is 11.6 Å². The number of rotatable bonds is 4. The smallest absolute Gasteiger partial charge is 0.345 e. The Morgan fingerprint density at radius 3 is 2.77 bits per heavy atom. The van der Waals surface area contributed by atoms with Gasteiger partial charge >= 0.3 is 5.97 Å². The van der Waals surface area contributed by atoms with Gasteiger partial charge < -0.3 is 9.64 Å². The van der Waals surface area contributed by atoms with Crippen LogP contribution in [0.25, 0.3) is 0 Å². The van der Waals surface area contributed by atoms with Crippen LogP contribution in [0.4, 0.5) is 11.4 Å². The van der Waals surface area contributed by atoms with Gasteiger partial charge in [0, 0.05) is 22.8 Å². The highest BCUT2D eigenvalue weighted by Gasteiger charge is 2.31. The fourth-order valence-electron chi connectivity index (χ4n) is 3.05. The first-order valence-corrected chi connectivity index (χ1v) is 8.27. The van der Waals surface area contributed by atoms with Gasteiger partial charge in [-0.05, 0) is 37.1 Å². The van der Waals surface area contributed by atoms with Gasteiger partial charge in [-0.25, -0.2) is 4.79 Å². The van der Waals surface area contributed by atoms with Crippen LogP contribution in [0.3, 0.4) is 0 Å². The number of carbonyl (C=O) groups is 2. The number of benzene rings is 2. The van der Waals surface area contributed by atoms with Crippen molar-refractivity contribution in [2.45, 2.75) is 19.4 Å². The van der Waals surface area contributed by atoms with Crippen LogP contribution in [0.2, 0.25) is 5.02 Å². The first-order chi connectivity index (χ1) is 12.4. The summed E-state index contributed by atoms with van der Waals surface area (Å²) in [5.41, 5.74) is 1.12. The Labute approximate surface area is 154 Å². The minimum atomic E-state index is -0.965. The van der Waals surface area contributed by atoms with E-state index < -0.39 is 23.2 Å². The van der Waals surface area contributed by atoms with E-state index in [-0.39, 0.29) is 22.5 Å². The van der Waals surface area contributed by atoms with Crippen molar-refractivity contribution < 1.29 is 19.2 Å². The Kier molecular flexibility index (Phi) is 4.90. The second kappa shape index (κ2) is 7.13. The molecule has 2 aromatic rings. The highest BCUT2D eigenvalue weighted by Crippen LogP contribution is 2.32. The highest BCUT2D eigenvalue weighted by atomic mass is 35.5.